The number of carbonyl (C=O) groups is 2. The summed E-state index contributed by atoms with van der Waals surface area (Å²) < 4.78 is 12.7. The molecule has 1 amide bonds. The molecule has 0 spiro atoms. The second-order valence-corrected chi connectivity index (χ2v) is 9.91. The van der Waals surface area contributed by atoms with Gasteiger partial charge in [-0.2, -0.15) is 0 Å². The molecule has 0 bridgehead atoms. The molecule has 8 heteroatoms. The molecule has 0 saturated carbocycles. The number of nitrogens with zero attached hydrogens (tertiary/aromatic N) is 2. The number of benzene rings is 3. The number of hydrogen-bond donors (Lipinski definition) is 2. The number of rotatable bonds is 14. The molecule has 3 aromatic carbocycles. The molecule has 0 aliphatic rings. The van der Waals surface area contributed by atoms with E-state index in [1.807, 2.05) is 79.9 Å². The molecule has 1 atom stereocenters. The van der Waals surface area contributed by atoms with Gasteiger partial charge in [-0.05, 0) is 65.9 Å². The molecule has 0 aliphatic carbocycles. The van der Waals surface area contributed by atoms with Crippen molar-refractivity contribution in [2.45, 2.75) is 32.4 Å². The molecular formula is C35H35N3O5. The number of allylic oxidation sites excluding steroid dienone is 3. The standard InChI is InChI=1S/C35H35N3O5/c1-4-33-36-32(23-38(33)22-25(2)9-8-12-26-13-17-29(42-3)18-14-26)34(39)37-31(35(40)41)21-27-15-19-30(20-16-27)43-24-28-10-6-5-7-11-28/h4-11,13-20,22-23,31H,1,12,21,24H2,2-3H3,(H,37,39)(H,40,41)/b9-8+,25-22+. The Labute approximate surface area is 251 Å². The molecule has 1 heterocycles. The predicted molar refractivity (Wildman–Crippen MR) is 168 cm³/mol. The number of hydrogen-bond acceptors (Lipinski definition) is 5. The van der Waals surface area contributed by atoms with Crippen molar-refractivity contribution in [3.8, 4) is 11.5 Å². The summed E-state index contributed by atoms with van der Waals surface area (Å²) >= 11 is 0. The second kappa shape index (κ2) is 15.0. The number of nitrogens with one attached hydrogen (secondary N) is 1. The molecule has 0 fully saturated rings. The molecule has 4 rings (SSSR count). The third-order valence-electron chi connectivity index (χ3n) is 6.63. The summed E-state index contributed by atoms with van der Waals surface area (Å²) in [5, 5.41) is 12.4. The van der Waals surface area contributed by atoms with Crippen LogP contribution in [0.15, 0.2) is 109 Å². The molecule has 1 aromatic heterocycles. The fourth-order valence-electron chi connectivity index (χ4n) is 4.31. The van der Waals surface area contributed by atoms with Crippen molar-refractivity contribution in [1.82, 2.24) is 14.9 Å². The number of ether oxygens (including phenoxy) is 2. The third kappa shape index (κ3) is 9.06. The molecule has 1 unspecified atom stereocenters. The van der Waals surface area contributed by atoms with Crippen LogP contribution in [0.1, 0.15) is 39.9 Å². The van der Waals surface area contributed by atoms with E-state index in [9.17, 15) is 14.7 Å². The first kappa shape index (κ1) is 30.6. The van der Waals surface area contributed by atoms with Crippen molar-refractivity contribution in [2.24, 2.45) is 0 Å². The van der Waals surface area contributed by atoms with Crippen molar-refractivity contribution in [3.63, 3.8) is 0 Å². The highest BCUT2D eigenvalue weighted by atomic mass is 16.5. The van der Waals surface area contributed by atoms with Gasteiger partial charge in [0.15, 0.2) is 0 Å². The van der Waals surface area contributed by atoms with Gasteiger partial charge in [-0.15, -0.1) is 0 Å². The Morgan fingerprint density at radius 2 is 1.65 bits per heavy atom. The van der Waals surface area contributed by atoms with Crippen LogP contribution in [0.2, 0.25) is 0 Å². The van der Waals surface area contributed by atoms with E-state index in [0.717, 1.165) is 34.4 Å². The molecule has 220 valence electrons. The minimum atomic E-state index is -1.14. The number of methoxy groups -OCH3 is 1. The minimum absolute atomic E-state index is 0.0945. The zero-order valence-corrected chi connectivity index (χ0v) is 24.3. The van der Waals surface area contributed by atoms with Gasteiger partial charge in [-0.1, -0.05) is 73.3 Å². The number of carboxylic acid groups (broad SMARTS) is 1. The van der Waals surface area contributed by atoms with E-state index < -0.39 is 17.9 Å². The molecular weight excluding hydrogens is 542 g/mol. The van der Waals surface area contributed by atoms with Crippen LogP contribution < -0.4 is 14.8 Å². The summed E-state index contributed by atoms with van der Waals surface area (Å²) in [5.41, 5.74) is 3.97. The summed E-state index contributed by atoms with van der Waals surface area (Å²) in [6.07, 6.45) is 9.82. The van der Waals surface area contributed by atoms with E-state index in [1.54, 1.807) is 42.1 Å². The Hall–Kier alpha value is -5.37. The number of imidazole rings is 1. The lowest BCUT2D eigenvalue weighted by atomic mass is 10.1. The van der Waals surface area contributed by atoms with Gasteiger partial charge in [0.25, 0.3) is 5.91 Å². The first-order chi connectivity index (χ1) is 20.8. The van der Waals surface area contributed by atoms with Gasteiger partial charge in [0, 0.05) is 18.8 Å². The van der Waals surface area contributed by atoms with E-state index in [4.69, 9.17) is 9.47 Å². The maximum Gasteiger partial charge on any atom is 0.326 e. The average Bonchev–Trinajstić information content (AvgIpc) is 3.44. The van der Waals surface area contributed by atoms with Gasteiger partial charge in [-0.3, -0.25) is 4.79 Å². The summed E-state index contributed by atoms with van der Waals surface area (Å²) in [6.45, 7) is 6.17. The third-order valence-corrected chi connectivity index (χ3v) is 6.63. The first-order valence-electron chi connectivity index (χ1n) is 13.8. The molecule has 0 saturated heterocycles. The number of aromatic nitrogens is 2. The summed E-state index contributed by atoms with van der Waals surface area (Å²) in [5.74, 6) is 0.224. The van der Waals surface area contributed by atoms with Crippen molar-refractivity contribution in [3.05, 3.63) is 138 Å². The van der Waals surface area contributed by atoms with Gasteiger partial charge >= 0.3 is 5.97 Å². The number of amides is 1. The number of carbonyl (C=O) groups excluding carboxylic acids is 1. The summed E-state index contributed by atoms with van der Waals surface area (Å²) in [4.78, 5) is 29.4. The molecule has 8 nitrogen and oxygen atoms in total. The van der Waals surface area contributed by atoms with Crippen LogP contribution in [0.25, 0.3) is 12.3 Å². The van der Waals surface area contributed by atoms with E-state index >= 15 is 0 Å². The topological polar surface area (TPSA) is 103 Å². The largest absolute Gasteiger partial charge is 0.497 e. The van der Waals surface area contributed by atoms with E-state index in [-0.39, 0.29) is 12.1 Å². The molecule has 43 heavy (non-hydrogen) atoms. The number of aliphatic carboxylic acids is 1. The van der Waals surface area contributed by atoms with Crippen LogP contribution in [-0.2, 0) is 24.2 Å². The molecule has 0 radical (unpaired) electrons. The van der Waals surface area contributed by atoms with E-state index in [0.29, 0.717) is 18.2 Å². The Balaban J connectivity index is 1.36. The van der Waals surface area contributed by atoms with Crippen molar-refractivity contribution >= 4 is 24.2 Å². The van der Waals surface area contributed by atoms with E-state index in [1.165, 1.54) is 6.08 Å². The lowest BCUT2D eigenvalue weighted by Gasteiger charge is -2.14. The lowest BCUT2D eigenvalue weighted by molar-refractivity contribution is -0.139. The SMILES string of the molecule is C=Cc1nc(C(=O)NC(Cc2ccc(OCc3ccccc3)cc2)C(=O)O)cn1/C=C(C)/C=C/Cc1ccc(OC)cc1. The van der Waals surface area contributed by atoms with Gasteiger partial charge in [-0.25, -0.2) is 9.78 Å². The Morgan fingerprint density at radius 3 is 2.30 bits per heavy atom. The van der Waals surface area contributed by atoms with Crippen LogP contribution in [0, 0.1) is 0 Å². The summed E-state index contributed by atoms with van der Waals surface area (Å²) in [6, 6.07) is 23.7. The summed E-state index contributed by atoms with van der Waals surface area (Å²) in [7, 11) is 1.64. The van der Waals surface area contributed by atoms with Gasteiger partial charge in [0.05, 0.1) is 7.11 Å². The maximum absolute atomic E-state index is 13.0. The maximum atomic E-state index is 13.0. The second-order valence-electron chi connectivity index (χ2n) is 9.91. The zero-order valence-electron chi connectivity index (χ0n) is 24.3. The Bertz CT molecular complexity index is 1590. The minimum Gasteiger partial charge on any atom is -0.497 e. The quantitative estimate of drug-likeness (QED) is 0.173. The van der Waals surface area contributed by atoms with Crippen molar-refractivity contribution < 1.29 is 24.2 Å². The van der Waals surface area contributed by atoms with E-state index in [2.05, 4.69) is 16.9 Å². The normalized spacial score (nSPS) is 12.1. The highest BCUT2D eigenvalue weighted by Crippen LogP contribution is 2.17. The van der Waals surface area contributed by atoms with Crippen LogP contribution in [0.4, 0.5) is 0 Å². The van der Waals surface area contributed by atoms with Crippen LogP contribution in [-0.4, -0.2) is 39.7 Å². The lowest BCUT2D eigenvalue weighted by Crippen LogP contribution is -2.42. The highest BCUT2D eigenvalue weighted by molar-refractivity contribution is 5.95. The van der Waals surface area contributed by atoms with Crippen LogP contribution in [0.5, 0.6) is 11.5 Å². The zero-order chi connectivity index (χ0) is 30.6. The van der Waals surface area contributed by atoms with Gasteiger partial charge in [0.1, 0.15) is 35.7 Å². The van der Waals surface area contributed by atoms with Gasteiger partial charge in [0.2, 0.25) is 0 Å². The first-order valence-corrected chi connectivity index (χ1v) is 13.8. The smallest absolute Gasteiger partial charge is 0.326 e. The molecule has 0 aliphatic heterocycles. The van der Waals surface area contributed by atoms with Gasteiger partial charge < -0.3 is 24.5 Å². The monoisotopic (exact) mass is 577 g/mol. The number of carboxylic acids is 1. The van der Waals surface area contributed by atoms with Crippen LogP contribution >= 0.6 is 0 Å². The fraction of sp³-hybridized carbons (Fsp3) is 0.171. The molecule has 4 aromatic rings. The molecule has 2 N–H and O–H groups in total. The Kier molecular flexibility index (Phi) is 10.7. The van der Waals surface area contributed by atoms with Crippen molar-refractivity contribution in [1.29, 1.82) is 0 Å². The fourth-order valence-corrected chi connectivity index (χ4v) is 4.31. The predicted octanol–water partition coefficient (Wildman–Crippen LogP) is 6.20. The van der Waals surface area contributed by atoms with Crippen molar-refractivity contribution in [2.75, 3.05) is 7.11 Å². The average molecular weight is 578 g/mol. The Morgan fingerprint density at radius 1 is 0.977 bits per heavy atom. The van der Waals surface area contributed by atoms with Crippen LogP contribution in [0.3, 0.4) is 0 Å². The highest BCUT2D eigenvalue weighted by Gasteiger charge is 2.23.